The summed E-state index contributed by atoms with van der Waals surface area (Å²) >= 11 is 6.90. The van der Waals surface area contributed by atoms with Gasteiger partial charge in [-0.05, 0) is 82.3 Å². The minimum Gasteiger partial charge on any atom is -0.482 e. The highest BCUT2D eigenvalue weighted by molar-refractivity contribution is 9.11. The van der Waals surface area contributed by atoms with Gasteiger partial charge in [0.25, 0.3) is 0 Å². The highest BCUT2D eigenvalue weighted by Gasteiger charge is 2.22. The maximum absolute atomic E-state index is 14.3. The monoisotopic (exact) mass is 607 g/mol. The quantitative estimate of drug-likeness (QED) is 0.137. The number of nitrogens with one attached hydrogen (secondary N) is 3. The molecule has 0 amide bonds. The molecule has 0 radical (unpaired) electrons. The van der Waals surface area contributed by atoms with E-state index in [1.807, 2.05) is 5.48 Å². The van der Waals surface area contributed by atoms with Crippen molar-refractivity contribution < 1.29 is 14.3 Å². The van der Waals surface area contributed by atoms with Crippen molar-refractivity contribution in [2.24, 2.45) is 0 Å². The van der Waals surface area contributed by atoms with E-state index in [-0.39, 0.29) is 11.6 Å². The summed E-state index contributed by atoms with van der Waals surface area (Å²) in [5.41, 5.74) is 3.83. The third-order valence-electron chi connectivity index (χ3n) is 5.74. The summed E-state index contributed by atoms with van der Waals surface area (Å²) in [6, 6.07) is 6.40. The average molecular weight is 609 g/mol. The van der Waals surface area contributed by atoms with Crippen LogP contribution in [0.4, 0.5) is 10.2 Å². The molecule has 0 bridgehead atoms. The highest BCUT2D eigenvalue weighted by atomic mass is 79.9. The van der Waals surface area contributed by atoms with Crippen molar-refractivity contribution in [3.63, 3.8) is 0 Å². The molecule has 1 saturated carbocycles. The fraction of sp³-hybridized carbons (Fsp3) is 0.304. The molecule has 1 aliphatic carbocycles. The van der Waals surface area contributed by atoms with Gasteiger partial charge in [-0.25, -0.2) is 24.5 Å². The molecule has 1 fully saturated rings. The summed E-state index contributed by atoms with van der Waals surface area (Å²) in [5, 5.41) is 25.0. The molecule has 4 rings (SSSR count). The molecule has 184 valence electrons. The van der Waals surface area contributed by atoms with Crippen LogP contribution in [-0.4, -0.2) is 37.2 Å². The fourth-order valence-electron chi connectivity index (χ4n) is 3.67. The van der Waals surface area contributed by atoms with Gasteiger partial charge in [0, 0.05) is 40.5 Å². The standard InChI is InChI=1S/C23H24Br2FN7O2/c1-13(35-20-8-15(24)11-28-23(20)32-34)18-9-16(26)5-6-19(18)33-21(29-12-30-33)7-14(10-27)22(25)31-17-3-2-4-17/h5-6,8-13,17,27,31,34H,2-4,7H2,1H3,(H,28,32)/b22-14-,27-10?. The molecule has 0 aliphatic heterocycles. The molecule has 1 atom stereocenters. The largest absolute Gasteiger partial charge is 0.482 e. The Morgan fingerprint density at radius 2 is 2.17 bits per heavy atom. The second-order valence-corrected chi connectivity index (χ2v) is 9.80. The molecule has 12 heteroatoms. The van der Waals surface area contributed by atoms with Crippen LogP contribution in [-0.2, 0) is 6.42 Å². The lowest BCUT2D eigenvalue weighted by Crippen LogP contribution is -2.33. The van der Waals surface area contributed by atoms with Crippen molar-refractivity contribution in [2.75, 3.05) is 5.48 Å². The first-order valence-electron chi connectivity index (χ1n) is 11.0. The van der Waals surface area contributed by atoms with Gasteiger partial charge in [-0.3, -0.25) is 5.21 Å². The van der Waals surface area contributed by atoms with E-state index in [0.717, 1.165) is 23.0 Å². The van der Waals surface area contributed by atoms with Crippen molar-refractivity contribution in [1.29, 1.82) is 5.41 Å². The van der Waals surface area contributed by atoms with Gasteiger partial charge in [0.1, 0.15) is 24.1 Å². The molecule has 1 unspecified atom stereocenters. The molecule has 2 heterocycles. The van der Waals surface area contributed by atoms with Crippen molar-refractivity contribution in [1.82, 2.24) is 25.1 Å². The Balaban J connectivity index is 1.65. The van der Waals surface area contributed by atoms with Gasteiger partial charge < -0.3 is 15.5 Å². The van der Waals surface area contributed by atoms with E-state index in [2.05, 4.69) is 52.2 Å². The number of allylic oxidation sites excluding steroid dienone is 1. The Bertz CT molecular complexity index is 1250. The van der Waals surface area contributed by atoms with Gasteiger partial charge >= 0.3 is 0 Å². The summed E-state index contributed by atoms with van der Waals surface area (Å²) in [6.45, 7) is 1.76. The van der Waals surface area contributed by atoms with Gasteiger partial charge in [-0.2, -0.15) is 5.10 Å². The number of hydrogen-bond acceptors (Lipinski definition) is 8. The number of anilines is 1. The number of benzene rings is 1. The van der Waals surface area contributed by atoms with E-state index in [9.17, 15) is 9.60 Å². The first-order valence-corrected chi connectivity index (χ1v) is 12.5. The van der Waals surface area contributed by atoms with E-state index < -0.39 is 11.9 Å². The van der Waals surface area contributed by atoms with Crippen molar-refractivity contribution in [2.45, 2.75) is 44.8 Å². The van der Waals surface area contributed by atoms with Crippen molar-refractivity contribution in [3.05, 3.63) is 68.6 Å². The normalized spacial score (nSPS) is 15.1. The number of hydrogen-bond donors (Lipinski definition) is 4. The smallest absolute Gasteiger partial charge is 0.192 e. The molecule has 35 heavy (non-hydrogen) atoms. The molecule has 2 aromatic heterocycles. The average Bonchev–Trinajstić information content (AvgIpc) is 3.27. The van der Waals surface area contributed by atoms with Gasteiger partial charge in [-0.1, -0.05) is 0 Å². The van der Waals surface area contributed by atoms with Crippen LogP contribution in [0.2, 0.25) is 0 Å². The van der Waals surface area contributed by atoms with Crippen molar-refractivity contribution in [3.8, 4) is 11.4 Å². The van der Waals surface area contributed by atoms with Gasteiger partial charge in [-0.15, -0.1) is 0 Å². The Hall–Kier alpha value is -2.83. The molecule has 0 saturated heterocycles. The van der Waals surface area contributed by atoms with Crippen LogP contribution in [0.15, 0.2) is 51.4 Å². The lowest BCUT2D eigenvalue weighted by Gasteiger charge is -2.27. The third-order valence-corrected chi connectivity index (χ3v) is 6.92. The summed E-state index contributed by atoms with van der Waals surface area (Å²) < 4.78 is 23.4. The minimum absolute atomic E-state index is 0.129. The topological polar surface area (TPSA) is 121 Å². The second kappa shape index (κ2) is 11.3. The van der Waals surface area contributed by atoms with E-state index in [1.165, 1.54) is 37.3 Å². The van der Waals surface area contributed by atoms with Crippen molar-refractivity contribution >= 4 is 43.9 Å². The summed E-state index contributed by atoms with van der Waals surface area (Å²) in [5.74, 6) is 0.562. The predicted molar refractivity (Wildman–Crippen MR) is 137 cm³/mol. The number of halogens is 3. The zero-order chi connectivity index (χ0) is 24.9. The molecular weight excluding hydrogens is 585 g/mol. The van der Waals surface area contributed by atoms with Crippen LogP contribution < -0.4 is 15.5 Å². The van der Waals surface area contributed by atoms with Gasteiger partial charge in [0.15, 0.2) is 11.6 Å². The van der Waals surface area contributed by atoms with Crippen LogP contribution in [0.3, 0.4) is 0 Å². The van der Waals surface area contributed by atoms with Crippen LogP contribution in [0.25, 0.3) is 5.69 Å². The van der Waals surface area contributed by atoms with Gasteiger partial charge in [0.05, 0.1) is 10.3 Å². The second-order valence-electron chi connectivity index (χ2n) is 8.10. The van der Waals surface area contributed by atoms with Crippen LogP contribution in [0.5, 0.6) is 5.75 Å². The molecule has 3 aromatic rings. The number of aromatic nitrogens is 4. The predicted octanol–water partition coefficient (Wildman–Crippen LogP) is 5.45. The van der Waals surface area contributed by atoms with E-state index in [1.54, 1.807) is 23.7 Å². The van der Waals surface area contributed by atoms with E-state index in [0.29, 0.717) is 34.0 Å². The summed E-state index contributed by atoms with van der Waals surface area (Å²) in [4.78, 5) is 8.46. The SMILES string of the molecule is CC(Oc1cc(Br)cnc1NO)c1cc(F)ccc1-n1ncnc1C/C(C=N)=C(\Br)NC1CCC1. The summed E-state index contributed by atoms with van der Waals surface area (Å²) in [7, 11) is 0. The minimum atomic E-state index is -0.634. The molecule has 0 spiro atoms. The molecular formula is C23H24Br2FN7O2. The lowest BCUT2D eigenvalue weighted by molar-refractivity contribution is 0.224. The van der Waals surface area contributed by atoms with Gasteiger partial charge in [0.2, 0.25) is 0 Å². The first kappa shape index (κ1) is 25.3. The zero-order valence-corrected chi connectivity index (χ0v) is 22.0. The molecule has 1 aliphatic rings. The van der Waals surface area contributed by atoms with E-state index in [4.69, 9.17) is 10.1 Å². The Morgan fingerprint density at radius 3 is 2.86 bits per heavy atom. The number of ether oxygens (including phenoxy) is 1. The number of rotatable bonds is 10. The zero-order valence-electron chi connectivity index (χ0n) is 18.8. The number of pyridine rings is 1. The first-order chi connectivity index (χ1) is 16.9. The van der Waals surface area contributed by atoms with Crippen LogP contribution in [0, 0.1) is 11.2 Å². The Kier molecular flexibility index (Phi) is 8.14. The third kappa shape index (κ3) is 5.88. The Morgan fingerprint density at radius 1 is 1.37 bits per heavy atom. The maximum atomic E-state index is 14.3. The Labute approximate surface area is 218 Å². The molecule has 9 nitrogen and oxygen atoms in total. The maximum Gasteiger partial charge on any atom is 0.192 e. The molecule has 4 N–H and O–H groups in total. The molecule has 1 aromatic carbocycles. The number of nitrogens with zero attached hydrogens (tertiary/aromatic N) is 4. The highest BCUT2D eigenvalue weighted by Crippen LogP contribution is 2.32. The fourth-order valence-corrected chi connectivity index (χ4v) is 4.56. The lowest BCUT2D eigenvalue weighted by atomic mass is 9.93. The van der Waals surface area contributed by atoms with Crippen LogP contribution in [0.1, 0.15) is 43.7 Å². The van der Waals surface area contributed by atoms with Crippen LogP contribution >= 0.6 is 31.9 Å². The summed E-state index contributed by atoms with van der Waals surface area (Å²) in [6.07, 6.45) is 7.34. The van der Waals surface area contributed by atoms with E-state index >= 15 is 0 Å².